The molecule has 76 valence electrons. The Hall–Kier alpha value is -0.610. The molecule has 0 saturated heterocycles. The first-order valence-electron chi connectivity index (χ1n) is 4.99. The summed E-state index contributed by atoms with van der Waals surface area (Å²) in [5.74, 6) is 0.0323. The fraction of sp³-hybridized carbons (Fsp3) is 0.889. The number of amides is 1. The summed E-state index contributed by atoms with van der Waals surface area (Å²) in [6.07, 6.45) is 4.79. The zero-order chi connectivity index (χ0) is 9.68. The number of rotatable bonds is 3. The molecule has 0 aliphatic heterocycles. The molecule has 4 heteroatoms. The molecule has 1 rings (SSSR count). The summed E-state index contributed by atoms with van der Waals surface area (Å²) in [6, 6.07) is 0.309. The maximum Gasteiger partial charge on any atom is 0.221 e. The zero-order valence-electron chi connectivity index (χ0n) is 7.96. The van der Waals surface area contributed by atoms with Crippen molar-refractivity contribution in [2.24, 2.45) is 11.5 Å². The van der Waals surface area contributed by atoms with Crippen LogP contribution in [0.25, 0.3) is 0 Å². The van der Waals surface area contributed by atoms with E-state index in [9.17, 15) is 4.79 Å². The maximum absolute atomic E-state index is 11.2. The van der Waals surface area contributed by atoms with E-state index in [-0.39, 0.29) is 18.0 Å². The average molecular weight is 185 g/mol. The highest BCUT2D eigenvalue weighted by molar-refractivity contribution is 5.76. The maximum atomic E-state index is 11.2. The number of carbonyl (C=O) groups is 1. The average Bonchev–Trinajstić information content (AvgIpc) is 2.09. The van der Waals surface area contributed by atoms with Gasteiger partial charge < -0.3 is 16.8 Å². The molecular weight excluding hydrogens is 166 g/mol. The summed E-state index contributed by atoms with van der Waals surface area (Å²) in [5, 5.41) is 2.93. The monoisotopic (exact) mass is 185 g/mol. The van der Waals surface area contributed by atoms with Gasteiger partial charge in [0.1, 0.15) is 0 Å². The van der Waals surface area contributed by atoms with Crippen molar-refractivity contribution >= 4 is 5.91 Å². The van der Waals surface area contributed by atoms with Crippen LogP contribution in [0, 0.1) is 0 Å². The van der Waals surface area contributed by atoms with Gasteiger partial charge in [0.2, 0.25) is 5.91 Å². The largest absolute Gasteiger partial charge is 0.352 e. The standard InChI is InChI=1S/C9H19N3O/c10-6-5-9(13)12-8-4-2-1-3-7(8)11/h7-8H,1-6,10-11H2,(H,12,13). The summed E-state index contributed by atoms with van der Waals surface area (Å²) in [7, 11) is 0. The van der Waals surface area contributed by atoms with Crippen molar-refractivity contribution < 1.29 is 4.79 Å². The fourth-order valence-corrected chi connectivity index (χ4v) is 1.75. The Labute approximate surface area is 79.0 Å². The van der Waals surface area contributed by atoms with Gasteiger partial charge >= 0.3 is 0 Å². The minimum atomic E-state index is 0.0323. The summed E-state index contributed by atoms with van der Waals surface area (Å²) in [5.41, 5.74) is 11.2. The summed E-state index contributed by atoms with van der Waals surface area (Å²) < 4.78 is 0. The first kappa shape index (κ1) is 10.5. The highest BCUT2D eigenvalue weighted by atomic mass is 16.1. The molecule has 5 N–H and O–H groups in total. The minimum Gasteiger partial charge on any atom is -0.352 e. The number of hydrogen-bond donors (Lipinski definition) is 3. The molecule has 0 aromatic carbocycles. The van der Waals surface area contributed by atoms with Crippen molar-refractivity contribution in [3.05, 3.63) is 0 Å². The van der Waals surface area contributed by atoms with E-state index in [1.54, 1.807) is 0 Å². The van der Waals surface area contributed by atoms with E-state index in [2.05, 4.69) is 5.32 Å². The van der Waals surface area contributed by atoms with Crippen molar-refractivity contribution in [1.82, 2.24) is 5.32 Å². The Bertz CT molecular complexity index is 172. The fourth-order valence-electron chi connectivity index (χ4n) is 1.75. The minimum absolute atomic E-state index is 0.0323. The van der Waals surface area contributed by atoms with Crippen LogP contribution in [-0.4, -0.2) is 24.5 Å². The van der Waals surface area contributed by atoms with Crippen molar-refractivity contribution in [2.45, 2.75) is 44.2 Å². The van der Waals surface area contributed by atoms with Crippen LogP contribution < -0.4 is 16.8 Å². The van der Waals surface area contributed by atoms with Gasteiger partial charge in [-0.1, -0.05) is 12.8 Å². The number of nitrogens with two attached hydrogens (primary N) is 2. The third kappa shape index (κ3) is 3.32. The molecule has 1 amide bonds. The Kier molecular flexibility index (Phi) is 4.18. The molecule has 0 heterocycles. The molecule has 1 saturated carbocycles. The lowest BCUT2D eigenvalue weighted by molar-refractivity contribution is -0.121. The molecule has 1 fully saturated rings. The highest BCUT2D eigenvalue weighted by Gasteiger charge is 2.22. The smallest absolute Gasteiger partial charge is 0.221 e. The van der Waals surface area contributed by atoms with Crippen LogP contribution in [0.1, 0.15) is 32.1 Å². The van der Waals surface area contributed by atoms with Gasteiger partial charge in [0.25, 0.3) is 0 Å². The molecule has 4 nitrogen and oxygen atoms in total. The third-order valence-corrected chi connectivity index (χ3v) is 2.54. The SMILES string of the molecule is NCCC(=O)NC1CCCCC1N. The van der Waals surface area contributed by atoms with Crippen LogP contribution >= 0.6 is 0 Å². The summed E-state index contributed by atoms with van der Waals surface area (Å²) in [6.45, 7) is 0.411. The highest BCUT2D eigenvalue weighted by Crippen LogP contribution is 2.16. The second-order valence-electron chi connectivity index (χ2n) is 3.66. The topological polar surface area (TPSA) is 81.1 Å². The van der Waals surface area contributed by atoms with Crippen LogP contribution in [-0.2, 0) is 4.79 Å². The Morgan fingerprint density at radius 2 is 2.08 bits per heavy atom. The molecule has 0 bridgehead atoms. The number of carbonyl (C=O) groups excluding carboxylic acids is 1. The van der Waals surface area contributed by atoms with Gasteiger partial charge in [0, 0.05) is 25.0 Å². The third-order valence-electron chi connectivity index (χ3n) is 2.54. The van der Waals surface area contributed by atoms with Gasteiger partial charge in [-0.3, -0.25) is 4.79 Å². The van der Waals surface area contributed by atoms with Crippen molar-refractivity contribution in [1.29, 1.82) is 0 Å². The molecule has 1 aliphatic carbocycles. The molecule has 2 unspecified atom stereocenters. The molecule has 2 atom stereocenters. The second kappa shape index (κ2) is 5.19. The van der Waals surface area contributed by atoms with E-state index < -0.39 is 0 Å². The predicted molar refractivity (Wildman–Crippen MR) is 52.0 cm³/mol. The van der Waals surface area contributed by atoms with Crippen LogP contribution in [0.2, 0.25) is 0 Å². The van der Waals surface area contributed by atoms with Gasteiger partial charge in [-0.05, 0) is 12.8 Å². The second-order valence-corrected chi connectivity index (χ2v) is 3.66. The molecular formula is C9H19N3O. The molecule has 13 heavy (non-hydrogen) atoms. The van der Waals surface area contributed by atoms with Crippen molar-refractivity contribution in [2.75, 3.05) is 6.54 Å². The lowest BCUT2D eigenvalue weighted by atomic mass is 9.91. The lowest BCUT2D eigenvalue weighted by Crippen LogP contribution is -2.49. The van der Waals surface area contributed by atoms with Crippen molar-refractivity contribution in [3.8, 4) is 0 Å². The van der Waals surface area contributed by atoms with Gasteiger partial charge in [0.05, 0.1) is 0 Å². The molecule has 0 radical (unpaired) electrons. The Morgan fingerprint density at radius 1 is 1.38 bits per heavy atom. The predicted octanol–water partition coefficient (Wildman–Crippen LogP) is -0.279. The van der Waals surface area contributed by atoms with E-state index in [0.29, 0.717) is 13.0 Å². The first-order chi connectivity index (χ1) is 6.24. The number of hydrogen-bond acceptors (Lipinski definition) is 3. The first-order valence-corrected chi connectivity index (χ1v) is 4.99. The van der Waals surface area contributed by atoms with Crippen LogP contribution in [0.15, 0.2) is 0 Å². The zero-order valence-corrected chi connectivity index (χ0v) is 7.96. The van der Waals surface area contributed by atoms with Crippen LogP contribution in [0.3, 0.4) is 0 Å². The summed E-state index contributed by atoms with van der Waals surface area (Å²) in [4.78, 5) is 11.2. The van der Waals surface area contributed by atoms with Gasteiger partial charge in [-0.25, -0.2) is 0 Å². The molecule has 0 aromatic rings. The lowest BCUT2D eigenvalue weighted by Gasteiger charge is -2.29. The van der Waals surface area contributed by atoms with Gasteiger partial charge in [-0.15, -0.1) is 0 Å². The Morgan fingerprint density at radius 3 is 2.69 bits per heavy atom. The van der Waals surface area contributed by atoms with Crippen molar-refractivity contribution in [3.63, 3.8) is 0 Å². The Balaban J connectivity index is 2.29. The van der Waals surface area contributed by atoms with Gasteiger partial charge in [-0.2, -0.15) is 0 Å². The van der Waals surface area contributed by atoms with Crippen LogP contribution in [0.5, 0.6) is 0 Å². The van der Waals surface area contributed by atoms with E-state index >= 15 is 0 Å². The quantitative estimate of drug-likeness (QED) is 0.565. The van der Waals surface area contributed by atoms with E-state index in [4.69, 9.17) is 11.5 Å². The molecule has 0 aromatic heterocycles. The van der Waals surface area contributed by atoms with Gasteiger partial charge in [0.15, 0.2) is 0 Å². The number of nitrogens with one attached hydrogen (secondary N) is 1. The molecule has 1 aliphatic rings. The van der Waals surface area contributed by atoms with E-state index in [1.807, 2.05) is 0 Å². The summed E-state index contributed by atoms with van der Waals surface area (Å²) >= 11 is 0. The van der Waals surface area contributed by atoms with E-state index in [1.165, 1.54) is 12.8 Å². The van der Waals surface area contributed by atoms with Crippen LogP contribution in [0.4, 0.5) is 0 Å². The molecule has 0 spiro atoms. The normalized spacial score (nSPS) is 28.5. The van der Waals surface area contributed by atoms with E-state index in [0.717, 1.165) is 12.8 Å².